The molecule has 0 aromatic heterocycles. The minimum Gasteiger partial charge on any atom is -0.388 e. The van der Waals surface area contributed by atoms with Crippen LogP contribution >= 0.6 is 0 Å². The molecule has 0 aliphatic heterocycles. The second-order valence-electron chi connectivity index (χ2n) is 3.30. The maximum absolute atomic E-state index is 5.21. The van der Waals surface area contributed by atoms with E-state index in [1.807, 2.05) is 0 Å². The van der Waals surface area contributed by atoms with Crippen LogP contribution in [0, 0.1) is 0 Å². The fourth-order valence-electron chi connectivity index (χ4n) is 1.69. The van der Waals surface area contributed by atoms with Crippen LogP contribution in [0.15, 0.2) is 0 Å². The van der Waals surface area contributed by atoms with Crippen LogP contribution in [-0.2, 0) is 8.85 Å². The van der Waals surface area contributed by atoms with Crippen LogP contribution in [0.1, 0.15) is 32.1 Å². The van der Waals surface area contributed by atoms with E-state index in [9.17, 15) is 0 Å². The van der Waals surface area contributed by atoms with E-state index in [4.69, 9.17) is 8.85 Å². The van der Waals surface area contributed by atoms with Gasteiger partial charge in [-0.05, 0) is 12.8 Å². The minimum absolute atomic E-state index is 0.648. The first-order chi connectivity index (χ1) is 5.86. The van der Waals surface area contributed by atoms with Gasteiger partial charge in [-0.1, -0.05) is 19.3 Å². The molecule has 0 heterocycles. The van der Waals surface area contributed by atoms with Gasteiger partial charge in [0.2, 0.25) is 0 Å². The summed E-state index contributed by atoms with van der Waals surface area (Å²) in [5, 5.41) is 0. The number of nitrogens with one attached hydrogen (secondary N) is 1. The fourth-order valence-corrected chi connectivity index (χ4v) is 2.88. The Kier molecular flexibility index (Phi) is 4.83. The molecule has 0 radical (unpaired) electrons. The lowest BCUT2D eigenvalue weighted by molar-refractivity contribution is 0.249. The summed E-state index contributed by atoms with van der Waals surface area (Å²) in [6, 6.07) is 0.648. The Morgan fingerprint density at radius 1 is 1.08 bits per heavy atom. The van der Waals surface area contributed by atoms with Crippen molar-refractivity contribution in [3.8, 4) is 0 Å². The normalized spacial score (nSPS) is 20.2. The van der Waals surface area contributed by atoms with E-state index in [2.05, 4.69) is 4.98 Å². The Labute approximate surface area is 76.4 Å². The molecule has 0 aromatic rings. The number of hydrogen-bond acceptors (Lipinski definition) is 3. The summed E-state index contributed by atoms with van der Waals surface area (Å²) in [4.78, 5) is 3.45. The van der Waals surface area contributed by atoms with Crippen molar-refractivity contribution in [2.45, 2.75) is 38.1 Å². The molecule has 0 atom stereocenters. The van der Waals surface area contributed by atoms with E-state index in [0.717, 1.165) is 0 Å². The summed E-state index contributed by atoms with van der Waals surface area (Å²) in [7, 11) is 1.92. The lowest BCUT2D eigenvalue weighted by Crippen LogP contribution is -2.45. The molecule has 1 aliphatic carbocycles. The maximum atomic E-state index is 5.21. The molecule has 0 spiro atoms. The Bertz CT molecular complexity index is 114. The molecule has 1 rings (SSSR count). The van der Waals surface area contributed by atoms with Gasteiger partial charge in [0, 0.05) is 20.3 Å². The van der Waals surface area contributed by atoms with Crippen LogP contribution in [0.5, 0.6) is 0 Å². The summed E-state index contributed by atoms with van der Waals surface area (Å²) in [6.45, 7) is 0. The van der Waals surface area contributed by atoms with Crippen molar-refractivity contribution in [3.63, 3.8) is 0 Å². The molecule has 4 heteroatoms. The topological polar surface area (TPSA) is 30.5 Å². The standard InChI is InChI=1S/C8H19NO2Si/c1-10-12(11-2)9-8-6-4-3-5-7-8/h8-9,12H,3-7H2,1-2H3. The van der Waals surface area contributed by atoms with Gasteiger partial charge in [-0.25, -0.2) is 0 Å². The van der Waals surface area contributed by atoms with E-state index >= 15 is 0 Å². The van der Waals surface area contributed by atoms with Crippen molar-refractivity contribution in [3.05, 3.63) is 0 Å². The molecular formula is C8H19NO2Si. The van der Waals surface area contributed by atoms with Gasteiger partial charge in [0.1, 0.15) is 0 Å². The third kappa shape index (κ3) is 3.22. The molecule has 1 aliphatic rings. The van der Waals surface area contributed by atoms with Crippen LogP contribution in [-0.4, -0.2) is 29.7 Å². The van der Waals surface area contributed by atoms with Gasteiger partial charge in [0.05, 0.1) is 0 Å². The van der Waals surface area contributed by atoms with Gasteiger partial charge in [-0.2, -0.15) is 0 Å². The molecule has 0 saturated heterocycles. The van der Waals surface area contributed by atoms with Gasteiger partial charge in [-0.3, -0.25) is 4.98 Å². The molecule has 72 valence electrons. The molecule has 0 amide bonds. The molecule has 0 aromatic carbocycles. The zero-order valence-electron chi connectivity index (χ0n) is 8.01. The zero-order valence-corrected chi connectivity index (χ0v) is 9.16. The van der Waals surface area contributed by atoms with Crippen LogP contribution in [0.4, 0.5) is 0 Å². The first kappa shape index (κ1) is 10.2. The SMILES string of the molecule is CO[SiH](NC1CCCCC1)OC. The van der Waals surface area contributed by atoms with Crippen molar-refractivity contribution < 1.29 is 8.85 Å². The molecule has 12 heavy (non-hydrogen) atoms. The van der Waals surface area contributed by atoms with Crippen molar-refractivity contribution in [2.75, 3.05) is 14.2 Å². The van der Waals surface area contributed by atoms with Crippen molar-refractivity contribution >= 4 is 9.45 Å². The maximum Gasteiger partial charge on any atom is 0.407 e. The van der Waals surface area contributed by atoms with E-state index in [-0.39, 0.29) is 0 Å². The molecule has 0 unspecified atom stereocenters. The third-order valence-corrected chi connectivity index (χ3v) is 4.00. The van der Waals surface area contributed by atoms with E-state index in [0.29, 0.717) is 6.04 Å². The van der Waals surface area contributed by atoms with Gasteiger partial charge in [0.15, 0.2) is 0 Å². The average Bonchev–Trinajstić information content (AvgIpc) is 2.16. The molecule has 1 saturated carbocycles. The second kappa shape index (κ2) is 5.69. The largest absolute Gasteiger partial charge is 0.407 e. The molecule has 1 fully saturated rings. The average molecular weight is 189 g/mol. The molecule has 0 bridgehead atoms. The highest BCUT2D eigenvalue weighted by atomic mass is 28.3. The Hall–Kier alpha value is 0.0969. The Balaban J connectivity index is 2.18. The first-order valence-electron chi connectivity index (χ1n) is 4.68. The first-order valence-corrected chi connectivity index (χ1v) is 6.20. The van der Waals surface area contributed by atoms with E-state index in [1.165, 1.54) is 32.1 Å². The lowest BCUT2D eigenvalue weighted by Gasteiger charge is -2.25. The lowest BCUT2D eigenvalue weighted by atomic mass is 9.96. The smallest absolute Gasteiger partial charge is 0.388 e. The van der Waals surface area contributed by atoms with Crippen LogP contribution in [0.2, 0.25) is 0 Å². The quantitative estimate of drug-likeness (QED) is 0.667. The highest BCUT2D eigenvalue weighted by Crippen LogP contribution is 2.17. The second-order valence-corrected chi connectivity index (χ2v) is 5.24. The van der Waals surface area contributed by atoms with Gasteiger partial charge >= 0.3 is 9.45 Å². The summed E-state index contributed by atoms with van der Waals surface area (Å²) in [6.07, 6.45) is 6.68. The number of rotatable bonds is 4. The van der Waals surface area contributed by atoms with Crippen LogP contribution in [0.25, 0.3) is 0 Å². The monoisotopic (exact) mass is 189 g/mol. The predicted octanol–water partition coefficient (Wildman–Crippen LogP) is 0.919. The number of hydrogen-bond donors (Lipinski definition) is 1. The molecule has 3 nitrogen and oxygen atoms in total. The predicted molar refractivity (Wildman–Crippen MR) is 51.2 cm³/mol. The third-order valence-electron chi connectivity index (χ3n) is 2.41. The summed E-state index contributed by atoms with van der Waals surface area (Å²) in [5.41, 5.74) is 0. The molecular weight excluding hydrogens is 170 g/mol. The highest BCUT2D eigenvalue weighted by Gasteiger charge is 2.18. The van der Waals surface area contributed by atoms with E-state index < -0.39 is 9.45 Å². The highest BCUT2D eigenvalue weighted by molar-refractivity contribution is 6.41. The zero-order chi connectivity index (χ0) is 8.81. The van der Waals surface area contributed by atoms with Crippen LogP contribution < -0.4 is 4.98 Å². The molecule has 1 N–H and O–H groups in total. The summed E-state index contributed by atoms with van der Waals surface area (Å²) in [5.74, 6) is 0. The summed E-state index contributed by atoms with van der Waals surface area (Å²) >= 11 is 0. The van der Waals surface area contributed by atoms with Gasteiger partial charge in [0.25, 0.3) is 0 Å². The van der Waals surface area contributed by atoms with Gasteiger partial charge < -0.3 is 8.85 Å². The van der Waals surface area contributed by atoms with E-state index in [1.54, 1.807) is 14.2 Å². The van der Waals surface area contributed by atoms with Crippen molar-refractivity contribution in [1.82, 2.24) is 4.98 Å². The van der Waals surface area contributed by atoms with Crippen molar-refractivity contribution in [1.29, 1.82) is 0 Å². The Morgan fingerprint density at radius 2 is 1.67 bits per heavy atom. The van der Waals surface area contributed by atoms with Gasteiger partial charge in [-0.15, -0.1) is 0 Å². The fraction of sp³-hybridized carbons (Fsp3) is 1.00. The Morgan fingerprint density at radius 3 is 2.17 bits per heavy atom. The van der Waals surface area contributed by atoms with Crippen LogP contribution in [0.3, 0.4) is 0 Å². The summed E-state index contributed by atoms with van der Waals surface area (Å²) < 4.78 is 10.4. The van der Waals surface area contributed by atoms with Crippen molar-refractivity contribution in [2.24, 2.45) is 0 Å². The minimum atomic E-state index is -1.52.